The van der Waals surface area contributed by atoms with Gasteiger partial charge in [0.2, 0.25) is 0 Å². The molecule has 4 nitrogen and oxygen atoms in total. The predicted octanol–water partition coefficient (Wildman–Crippen LogP) is 1.64. The smallest absolute Gasteiger partial charge is 0.180 e. The second kappa shape index (κ2) is 5.15. The van der Waals surface area contributed by atoms with E-state index >= 15 is 0 Å². The van der Waals surface area contributed by atoms with Gasteiger partial charge in [0.05, 0.1) is 5.69 Å². The third kappa shape index (κ3) is 2.27. The summed E-state index contributed by atoms with van der Waals surface area (Å²) < 4.78 is 0. The molecule has 0 amide bonds. The van der Waals surface area contributed by atoms with E-state index in [0.717, 1.165) is 24.0 Å². The standard InChI is InChI=1S/C13H22N4S/c1-2-17-7-3-4-9(8-17)11-12-10(5-6-15-11)16-13(14)18-12/h9,11,15H,2-8H2,1H3,(H2,14,16)/t9-,11+/m0/s1. The summed E-state index contributed by atoms with van der Waals surface area (Å²) in [5, 5.41) is 4.42. The molecule has 0 unspecified atom stereocenters. The van der Waals surface area contributed by atoms with Crippen molar-refractivity contribution in [2.75, 3.05) is 31.9 Å². The lowest BCUT2D eigenvalue weighted by atomic mass is 9.87. The molecule has 3 heterocycles. The number of rotatable bonds is 2. The van der Waals surface area contributed by atoms with Crippen LogP contribution in [0.4, 0.5) is 5.13 Å². The molecule has 1 fully saturated rings. The van der Waals surface area contributed by atoms with Crippen molar-refractivity contribution in [2.24, 2.45) is 5.92 Å². The van der Waals surface area contributed by atoms with E-state index in [9.17, 15) is 0 Å². The Morgan fingerprint density at radius 3 is 3.28 bits per heavy atom. The fourth-order valence-electron chi connectivity index (χ4n) is 3.27. The van der Waals surface area contributed by atoms with E-state index in [0.29, 0.717) is 6.04 Å². The Morgan fingerprint density at radius 1 is 1.56 bits per heavy atom. The van der Waals surface area contributed by atoms with Crippen molar-refractivity contribution in [1.29, 1.82) is 0 Å². The number of hydrogen-bond donors (Lipinski definition) is 2. The van der Waals surface area contributed by atoms with E-state index in [2.05, 4.69) is 22.1 Å². The molecule has 0 saturated carbocycles. The molecule has 3 rings (SSSR count). The first-order chi connectivity index (χ1) is 8.78. The predicted molar refractivity (Wildman–Crippen MR) is 75.8 cm³/mol. The largest absolute Gasteiger partial charge is 0.375 e. The number of hydrogen-bond acceptors (Lipinski definition) is 5. The van der Waals surface area contributed by atoms with Crippen molar-refractivity contribution >= 4 is 16.5 Å². The van der Waals surface area contributed by atoms with Gasteiger partial charge in [-0.05, 0) is 31.8 Å². The van der Waals surface area contributed by atoms with Crippen LogP contribution >= 0.6 is 11.3 Å². The molecule has 2 aliphatic heterocycles. The summed E-state index contributed by atoms with van der Waals surface area (Å²) in [6.45, 7) is 6.94. The van der Waals surface area contributed by atoms with Crippen molar-refractivity contribution in [1.82, 2.24) is 15.2 Å². The van der Waals surface area contributed by atoms with Gasteiger partial charge < -0.3 is 16.0 Å². The van der Waals surface area contributed by atoms with Crippen LogP contribution in [0.1, 0.15) is 36.4 Å². The number of piperidine rings is 1. The van der Waals surface area contributed by atoms with E-state index in [1.54, 1.807) is 11.3 Å². The minimum Gasteiger partial charge on any atom is -0.375 e. The van der Waals surface area contributed by atoms with Crippen LogP contribution in [0, 0.1) is 5.92 Å². The fourth-order valence-corrected chi connectivity index (χ4v) is 4.32. The van der Waals surface area contributed by atoms with Gasteiger partial charge >= 0.3 is 0 Å². The van der Waals surface area contributed by atoms with Crippen LogP contribution in [0.3, 0.4) is 0 Å². The summed E-state index contributed by atoms with van der Waals surface area (Å²) in [6.07, 6.45) is 3.68. The lowest BCUT2D eigenvalue weighted by Gasteiger charge is -2.38. The minimum atomic E-state index is 0.484. The maximum Gasteiger partial charge on any atom is 0.180 e. The number of anilines is 1. The first-order valence-corrected chi connectivity index (χ1v) is 7.80. The Kier molecular flexibility index (Phi) is 3.54. The molecule has 3 N–H and O–H groups in total. The number of likely N-dealkylation sites (tertiary alicyclic amines) is 1. The van der Waals surface area contributed by atoms with Gasteiger partial charge in [-0.15, -0.1) is 11.3 Å². The number of nitrogens with one attached hydrogen (secondary N) is 1. The molecule has 1 saturated heterocycles. The van der Waals surface area contributed by atoms with Crippen LogP contribution in [-0.4, -0.2) is 36.1 Å². The molecule has 100 valence electrons. The molecule has 0 aromatic carbocycles. The van der Waals surface area contributed by atoms with Gasteiger partial charge in [-0.25, -0.2) is 4.98 Å². The summed E-state index contributed by atoms with van der Waals surface area (Å²) >= 11 is 1.69. The zero-order chi connectivity index (χ0) is 12.5. The average Bonchev–Trinajstić information content (AvgIpc) is 2.78. The van der Waals surface area contributed by atoms with E-state index in [1.807, 2.05) is 0 Å². The topological polar surface area (TPSA) is 54.2 Å². The zero-order valence-electron chi connectivity index (χ0n) is 11.0. The summed E-state index contributed by atoms with van der Waals surface area (Å²) in [5.41, 5.74) is 7.12. The van der Waals surface area contributed by atoms with Gasteiger partial charge in [-0.2, -0.15) is 0 Å². The van der Waals surface area contributed by atoms with Gasteiger partial charge in [0.1, 0.15) is 0 Å². The van der Waals surface area contributed by atoms with E-state index in [-0.39, 0.29) is 0 Å². The minimum absolute atomic E-state index is 0.484. The summed E-state index contributed by atoms with van der Waals surface area (Å²) in [6, 6.07) is 0.484. The highest BCUT2D eigenvalue weighted by molar-refractivity contribution is 7.15. The second-order valence-electron chi connectivity index (χ2n) is 5.34. The van der Waals surface area contributed by atoms with Gasteiger partial charge in [0.15, 0.2) is 5.13 Å². The lowest BCUT2D eigenvalue weighted by molar-refractivity contribution is 0.151. The summed E-state index contributed by atoms with van der Waals surface area (Å²) in [7, 11) is 0. The van der Waals surface area contributed by atoms with E-state index in [4.69, 9.17) is 5.73 Å². The number of nitrogen functional groups attached to an aromatic ring is 1. The fraction of sp³-hybridized carbons (Fsp3) is 0.769. The Morgan fingerprint density at radius 2 is 2.44 bits per heavy atom. The monoisotopic (exact) mass is 266 g/mol. The van der Waals surface area contributed by atoms with Gasteiger partial charge in [0.25, 0.3) is 0 Å². The van der Waals surface area contributed by atoms with E-state index < -0.39 is 0 Å². The van der Waals surface area contributed by atoms with Crippen molar-refractivity contribution < 1.29 is 0 Å². The molecular formula is C13H22N4S. The molecule has 0 spiro atoms. The number of thiazole rings is 1. The van der Waals surface area contributed by atoms with Crippen molar-refractivity contribution in [3.05, 3.63) is 10.6 Å². The molecule has 0 aliphatic carbocycles. The van der Waals surface area contributed by atoms with Crippen molar-refractivity contribution in [3.8, 4) is 0 Å². The molecule has 2 aliphatic rings. The third-order valence-corrected chi connectivity index (χ3v) is 5.22. The second-order valence-corrected chi connectivity index (χ2v) is 6.40. The normalized spacial score (nSPS) is 29.2. The third-order valence-electron chi connectivity index (χ3n) is 4.21. The van der Waals surface area contributed by atoms with Gasteiger partial charge in [0, 0.05) is 30.4 Å². The van der Waals surface area contributed by atoms with Crippen molar-refractivity contribution in [3.63, 3.8) is 0 Å². The van der Waals surface area contributed by atoms with Gasteiger partial charge in [-0.3, -0.25) is 0 Å². The maximum absolute atomic E-state index is 5.87. The molecule has 2 atom stereocenters. The summed E-state index contributed by atoms with van der Waals surface area (Å²) in [5.74, 6) is 0.720. The highest BCUT2D eigenvalue weighted by atomic mass is 32.1. The first kappa shape index (κ1) is 12.4. The SMILES string of the molecule is CCN1CCC[C@H]([C@H]2NCCc3nc(N)sc32)C1. The molecule has 0 radical (unpaired) electrons. The van der Waals surface area contributed by atoms with Crippen LogP contribution in [0.5, 0.6) is 0 Å². The van der Waals surface area contributed by atoms with Gasteiger partial charge in [-0.1, -0.05) is 6.92 Å². The summed E-state index contributed by atoms with van der Waals surface area (Å²) in [4.78, 5) is 8.45. The molecule has 5 heteroatoms. The number of fused-ring (bicyclic) bond motifs is 1. The quantitative estimate of drug-likeness (QED) is 0.854. The Balaban J connectivity index is 1.80. The Bertz CT molecular complexity index is 417. The number of aromatic nitrogens is 1. The molecule has 18 heavy (non-hydrogen) atoms. The van der Waals surface area contributed by atoms with Crippen LogP contribution < -0.4 is 11.1 Å². The average molecular weight is 266 g/mol. The highest BCUT2D eigenvalue weighted by Gasteiger charge is 2.32. The van der Waals surface area contributed by atoms with Crippen LogP contribution in [-0.2, 0) is 6.42 Å². The molecule has 0 bridgehead atoms. The highest BCUT2D eigenvalue weighted by Crippen LogP contribution is 2.37. The first-order valence-electron chi connectivity index (χ1n) is 6.98. The Labute approximate surface area is 113 Å². The molecule has 1 aromatic heterocycles. The molecule has 1 aromatic rings. The number of nitrogens with zero attached hydrogens (tertiary/aromatic N) is 2. The maximum atomic E-state index is 5.87. The molecular weight excluding hydrogens is 244 g/mol. The van der Waals surface area contributed by atoms with Crippen LogP contribution in [0.25, 0.3) is 0 Å². The van der Waals surface area contributed by atoms with Crippen molar-refractivity contribution in [2.45, 2.75) is 32.2 Å². The van der Waals surface area contributed by atoms with Crippen LogP contribution in [0.15, 0.2) is 0 Å². The Hall–Kier alpha value is -0.650. The van der Waals surface area contributed by atoms with Crippen LogP contribution in [0.2, 0.25) is 0 Å². The lowest BCUT2D eigenvalue weighted by Crippen LogP contribution is -2.43. The van der Waals surface area contributed by atoms with E-state index in [1.165, 1.54) is 43.0 Å². The number of nitrogens with two attached hydrogens (primary N) is 1. The zero-order valence-corrected chi connectivity index (χ0v) is 11.8.